The van der Waals surface area contributed by atoms with Gasteiger partial charge in [0, 0.05) is 19.2 Å². The third-order valence-electron chi connectivity index (χ3n) is 3.30. The second kappa shape index (κ2) is 6.58. The molecule has 1 rings (SSSR count). The van der Waals surface area contributed by atoms with Crippen molar-refractivity contribution in [1.29, 1.82) is 0 Å². The van der Waals surface area contributed by atoms with Crippen LogP contribution >= 0.6 is 0 Å². The van der Waals surface area contributed by atoms with Gasteiger partial charge in [0.15, 0.2) is 0 Å². The Morgan fingerprint density at radius 1 is 1.31 bits per heavy atom. The number of likely N-dealkylation sites (tertiary alicyclic amines) is 1. The molecule has 1 unspecified atom stereocenters. The van der Waals surface area contributed by atoms with Gasteiger partial charge in [-0.25, -0.2) is 0 Å². The quantitative estimate of drug-likeness (QED) is 0.777. The summed E-state index contributed by atoms with van der Waals surface area (Å²) < 4.78 is 5.70. The van der Waals surface area contributed by atoms with Crippen LogP contribution in [-0.4, -0.2) is 49.8 Å². The molecule has 1 heterocycles. The molecular weight excluding hydrogens is 200 g/mol. The number of ether oxygens (including phenoxy) is 1. The van der Waals surface area contributed by atoms with Crippen LogP contribution in [0.15, 0.2) is 0 Å². The van der Waals surface area contributed by atoms with E-state index in [0.717, 1.165) is 13.2 Å². The van der Waals surface area contributed by atoms with Gasteiger partial charge in [0.25, 0.3) is 0 Å². The number of hydrogen-bond acceptors (Lipinski definition) is 3. The maximum absolute atomic E-state index is 5.70. The molecule has 1 saturated heterocycles. The van der Waals surface area contributed by atoms with Gasteiger partial charge >= 0.3 is 0 Å². The summed E-state index contributed by atoms with van der Waals surface area (Å²) in [5.41, 5.74) is -0.0348. The SMILES string of the molecule is CCOC(C)(C)CNC1CCCN(C)CC1. The van der Waals surface area contributed by atoms with Crippen molar-refractivity contribution in [3.8, 4) is 0 Å². The third kappa shape index (κ3) is 5.28. The van der Waals surface area contributed by atoms with Crippen molar-refractivity contribution in [2.75, 3.05) is 33.3 Å². The Balaban J connectivity index is 2.26. The van der Waals surface area contributed by atoms with E-state index in [9.17, 15) is 0 Å². The molecule has 1 N–H and O–H groups in total. The highest BCUT2D eigenvalue weighted by Gasteiger charge is 2.20. The lowest BCUT2D eigenvalue weighted by Gasteiger charge is -2.28. The molecule has 0 aliphatic carbocycles. The first-order valence-electron chi connectivity index (χ1n) is 6.59. The molecule has 1 aliphatic heterocycles. The summed E-state index contributed by atoms with van der Waals surface area (Å²) in [6.45, 7) is 10.6. The lowest BCUT2D eigenvalue weighted by Crippen LogP contribution is -2.42. The minimum absolute atomic E-state index is 0.0348. The van der Waals surface area contributed by atoms with Crippen LogP contribution < -0.4 is 5.32 Å². The monoisotopic (exact) mass is 228 g/mol. The molecule has 0 aromatic rings. The molecule has 0 amide bonds. The third-order valence-corrected chi connectivity index (χ3v) is 3.30. The van der Waals surface area contributed by atoms with Gasteiger partial charge in [-0.15, -0.1) is 0 Å². The molecule has 1 fully saturated rings. The van der Waals surface area contributed by atoms with Crippen LogP contribution in [-0.2, 0) is 4.74 Å². The van der Waals surface area contributed by atoms with Gasteiger partial charge in [-0.2, -0.15) is 0 Å². The molecule has 3 nitrogen and oxygen atoms in total. The number of nitrogens with one attached hydrogen (secondary N) is 1. The first kappa shape index (κ1) is 13.9. The number of hydrogen-bond donors (Lipinski definition) is 1. The van der Waals surface area contributed by atoms with Crippen molar-refractivity contribution in [3.05, 3.63) is 0 Å². The van der Waals surface area contributed by atoms with Crippen molar-refractivity contribution in [2.24, 2.45) is 0 Å². The van der Waals surface area contributed by atoms with Crippen molar-refractivity contribution >= 4 is 0 Å². The second-order valence-electron chi connectivity index (χ2n) is 5.50. The Bertz CT molecular complexity index is 194. The maximum atomic E-state index is 5.70. The molecule has 0 saturated carbocycles. The molecule has 1 atom stereocenters. The molecule has 16 heavy (non-hydrogen) atoms. The summed E-state index contributed by atoms with van der Waals surface area (Å²) in [4.78, 5) is 2.43. The molecule has 1 aliphatic rings. The van der Waals surface area contributed by atoms with Crippen LogP contribution in [0.3, 0.4) is 0 Å². The van der Waals surface area contributed by atoms with Gasteiger partial charge in [-0.05, 0) is 60.2 Å². The summed E-state index contributed by atoms with van der Waals surface area (Å²) in [6.07, 6.45) is 3.87. The van der Waals surface area contributed by atoms with E-state index in [1.807, 2.05) is 0 Å². The van der Waals surface area contributed by atoms with Crippen LogP contribution in [0.2, 0.25) is 0 Å². The van der Waals surface area contributed by atoms with Crippen molar-refractivity contribution in [1.82, 2.24) is 10.2 Å². The van der Waals surface area contributed by atoms with Gasteiger partial charge in [-0.1, -0.05) is 0 Å². The summed E-state index contributed by atoms with van der Waals surface area (Å²) in [6, 6.07) is 0.671. The van der Waals surface area contributed by atoms with E-state index in [2.05, 4.69) is 38.0 Å². The summed E-state index contributed by atoms with van der Waals surface area (Å²) in [5.74, 6) is 0. The van der Waals surface area contributed by atoms with Crippen molar-refractivity contribution in [2.45, 2.75) is 51.7 Å². The van der Waals surface area contributed by atoms with Gasteiger partial charge in [0.2, 0.25) is 0 Å². The summed E-state index contributed by atoms with van der Waals surface area (Å²) in [5, 5.41) is 3.66. The molecule has 0 spiro atoms. The van der Waals surface area contributed by atoms with Crippen molar-refractivity contribution < 1.29 is 4.74 Å². The van der Waals surface area contributed by atoms with E-state index in [0.29, 0.717) is 6.04 Å². The van der Waals surface area contributed by atoms with E-state index in [1.54, 1.807) is 0 Å². The topological polar surface area (TPSA) is 24.5 Å². The van der Waals surface area contributed by atoms with E-state index in [4.69, 9.17) is 4.74 Å². The van der Waals surface area contributed by atoms with Crippen LogP contribution in [0.1, 0.15) is 40.0 Å². The zero-order chi connectivity index (χ0) is 12.0. The van der Waals surface area contributed by atoms with Crippen LogP contribution in [0.25, 0.3) is 0 Å². The molecule has 0 aromatic carbocycles. The lowest BCUT2D eigenvalue weighted by molar-refractivity contribution is -0.0108. The Morgan fingerprint density at radius 3 is 2.75 bits per heavy atom. The summed E-state index contributed by atoms with van der Waals surface area (Å²) in [7, 11) is 2.21. The standard InChI is InChI=1S/C13H28N2O/c1-5-16-13(2,3)11-14-12-7-6-9-15(4)10-8-12/h12,14H,5-11H2,1-4H3. The maximum Gasteiger partial charge on any atom is 0.0750 e. The highest BCUT2D eigenvalue weighted by atomic mass is 16.5. The molecular formula is C13H28N2O. The molecule has 96 valence electrons. The first-order chi connectivity index (χ1) is 7.53. The summed E-state index contributed by atoms with van der Waals surface area (Å²) >= 11 is 0. The Labute approximate surface area is 101 Å². The smallest absolute Gasteiger partial charge is 0.0750 e. The highest BCUT2D eigenvalue weighted by Crippen LogP contribution is 2.12. The fourth-order valence-corrected chi connectivity index (χ4v) is 2.28. The predicted molar refractivity (Wildman–Crippen MR) is 68.8 cm³/mol. The van der Waals surface area contributed by atoms with E-state index in [1.165, 1.54) is 32.4 Å². The average molecular weight is 228 g/mol. The molecule has 0 bridgehead atoms. The average Bonchev–Trinajstić information content (AvgIpc) is 2.40. The van der Waals surface area contributed by atoms with Gasteiger partial charge < -0.3 is 15.0 Å². The Hall–Kier alpha value is -0.120. The van der Waals surface area contributed by atoms with E-state index in [-0.39, 0.29) is 5.60 Å². The highest BCUT2D eigenvalue weighted by molar-refractivity contribution is 4.78. The molecule has 3 heteroatoms. The second-order valence-corrected chi connectivity index (χ2v) is 5.50. The van der Waals surface area contributed by atoms with Crippen LogP contribution in [0, 0.1) is 0 Å². The Morgan fingerprint density at radius 2 is 2.06 bits per heavy atom. The fraction of sp³-hybridized carbons (Fsp3) is 1.00. The van der Waals surface area contributed by atoms with E-state index >= 15 is 0 Å². The van der Waals surface area contributed by atoms with Crippen LogP contribution in [0.5, 0.6) is 0 Å². The zero-order valence-electron chi connectivity index (χ0n) is 11.4. The first-order valence-corrected chi connectivity index (χ1v) is 6.59. The van der Waals surface area contributed by atoms with E-state index < -0.39 is 0 Å². The number of rotatable bonds is 5. The zero-order valence-corrected chi connectivity index (χ0v) is 11.4. The lowest BCUT2D eigenvalue weighted by atomic mass is 10.1. The van der Waals surface area contributed by atoms with Gasteiger partial charge in [0.05, 0.1) is 5.60 Å². The minimum atomic E-state index is -0.0348. The minimum Gasteiger partial charge on any atom is -0.375 e. The Kier molecular flexibility index (Phi) is 5.73. The largest absolute Gasteiger partial charge is 0.375 e. The van der Waals surface area contributed by atoms with Gasteiger partial charge in [-0.3, -0.25) is 0 Å². The normalized spacial score (nSPS) is 24.4. The predicted octanol–water partition coefficient (Wildman–Crippen LogP) is 1.88. The van der Waals surface area contributed by atoms with Crippen molar-refractivity contribution in [3.63, 3.8) is 0 Å². The molecule has 0 aromatic heterocycles. The number of nitrogens with zero attached hydrogens (tertiary/aromatic N) is 1. The fourth-order valence-electron chi connectivity index (χ4n) is 2.28. The van der Waals surface area contributed by atoms with Crippen LogP contribution in [0.4, 0.5) is 0 Å². The molecule has 0 radical (unpaired) electrons. The van der Waals surface area contributed by atoms with Gasteiger partial charge in [0.1, 0.15) is 0 Å².